The van der Waals surface area contributed by atoms with Crippen molar-refractivity contribution in [2.24, 2.45) is 5.10 Å². The second kappa shape index (κ2) is 6.50. The molecule has 1 amide bonds. The molecule has 1 N–H and O–H groups in total. The van der Waals surface area contributed by atoms with E-state index >= 15 is 0 Å². The zero-order chi connectivity index (χ0) is 15.5. The van der Waals surface area contributed by atoms with Gasteiger partial charge in [-0.3, -0.25) is 4.79 Å². The summed E-state index contributed by atoms with van der Waals surface area (Å²) in [7, 11) is 0. The number of ether oxygens (including phenoxy) is 2. The molecular weight excluding hydrogens is 416 g/mol. The summed E-state index contributed by atoms with van der Waals surface area (Å²) in [6.45, 7) is 0.210. The maximum atomic E-state index is 12.0. The Hall–Kier alpha value is -1.86. The van der Waals surface area contributed by atoms with Crippen LogP contribution < -0.4 is 14.9 Å². The SMILES string of the molecule is O=C(NN=Cc1cc2c(cc1Br)OCO2)c1cccc(Br)c1. The number of hydrazone groups is 1. The molecule has 1 aliphatic heterocycles. The molecule has 0 radical (unpaired) electrons. The van der Waals surface area contributed by atoms with E-state index in [1.54, 1.807) is 36.5 Å². The molecule has 2 aromatic carbocycles. The van der Waals surface area contributed by atoms with E-state index in [1.165, 1.54) is 0 Å². The maximum absolute atomic E-state index is 12.0. The van der Waals surface area contributed by atoms with Crippen molar-refractivity contribution in [1.29, 1.82) is 0 Å². The number of halogens is 2. The van der Waals surface area contributed by atoms with Crippen molar-refractivity contribution < 1.29 is 14.3 Å². The molecule has 0 atom stereocenters. The number of nitrogens with zero attached hydrogens (tertiary/aromatic N) is 1. The van der Waals surface area contributed by atoms with E-state index in [2.05, 4.69) is 42.4 Å². The maximum Gasteiger partial charge on any atom is 0.271 e. The summed E-state index contributed by atoms with van der Waals surface area (Å²) < 4.78 is 12.2. The van der Waals surface area contributed by atoms with E-state index in [9.17, 15) is 4.79 Å². The summed E-state index contributed by atoms with van der Waals surface area (Å²) in [4.78, 5) is 12.0. The third kappa shape index (κ3) is 3.31. The standard InChI is InChI=1S/C15H10Br2N2O3/c16-11-3-1-2-9(4-11)15(20)19-18-7-10-5-13-14(6-12(10)17)22-8-21-13/h1-7H,8H2,(H,19,20). The first-order valence-corrected chi connectivity index (χ1v) is 7.90. The van der Waals surface area contributed by atoms with Gasteiger partial charge in [-0.25, -0.2) is 5.43 Å². The van der Waals surface area contributed by atoms with Crippen LogP contribution in [0.25, 0.3) is 0 Å². The summed E-state index contributed by atoms with van der Waals surface area (Å²) in [6, 6.07) is 10.7. The fourth-order valence-corrected chi connectivity index (χ4v) is 2.71. The van der Waals surface area contributed by atoms with E-state index in [0.29, 0.717) is 17.1 Å². The number of amides is 1. The van der Waals surface area contributed by atoms with Gasteiger partial charge in [0, 0.05) is 20.1 Å². The first-order valence-electron chi connectivity index (χ1n) is 6.31. The molecule has 112 valence electrons. The minimum absolute atomic E-state index is 0.210. The molecule has 1 aliphatic rings. The van der Waals surface area contributed by atoms with Crippen LogP contribution in [0.3, 0.4) is 0 Å². The highest BCUT2D eigenvalue weighted by molar-refractivity contribution is 9.10. The summed E-state index contributed by atoms with van der Waals surface area (Å²) in [5.41, 5.74) is 3.79. The molecule has 3 rings (SSSR count). The third-order valence-electron chi connectivity index (χ3n) is 2.95. The van der Waals surface area contributed by atoms with E-state index in [4.69, 9.17) is 9.47 Å². The van der Waals surface area contributed by atoms with Crippen molar-refractivity contribution in [2.75, 3.05) is 6.79 Å². The van der Waals surface area contributed by atoms with Crippen LogP contribution in [0.4, 0.5) is 0 Å². The zero-order valence-corrected chi connectivity index (χ0v) is 14.3. The highest BCUT2D eigenvalue weighted by Gasteiger charge is 2.15. The smallest absolute Gasteiger partial charge is 0.271 e. The quantitative estimate of drug-likeness (QED) is 0.602. The van der Waals surface area contributed by atoms with Crippen LogP contribution in [-0.4, -0.2) is 18.9 Å². The van der Waals surface area contributed by atoms with E-state index < -0.39 is 0 Å². The summed E-state index contributed by atoms with van der Waals surface area (Å²) in [6.07, 6.45) is 1.54. The Morgan fingerprint density at radius 3 is 2.73 bits per heavy atom. The number of hydrogen-bond donors (Lipinski definition) is 1. The molecule has 0 spiro atoms. The highest BCUT2D eigenvalue weighted by Crippen LogP contribution is 2.36. The summed E-state index contributed by atoms with van der Waals surface area (Å²) in [5, 5.41) is 3.97. The average molecular weight is 426 g/mol. The largest absolute Gasteiger partial charge is 0.454 e. The Bertz CT molecular complexity index is 762. The van der Waals surface area contributed by atoms with Crippen LogP contribution in [0.1, 0.15) is 15.9 Å². The number of carbonyl (C=O) groups is 1. The second-order valence-electron chi connectivity index (χ2n) is 4.44. The Labute approximate surface area is 143 Å². The number of carbonyl (C=O) groups excluding carboxylic acids is 1. The van der Waals surface area contributed by atoms with Crippen LogP contribution in [0, 0.1) is 0 Å². The van der Waals surface area contributed by atoms with Crippen molar-refractivity contribution in [3.05, 3.63) is 56.5 Å². The molecule has 0 aromatic heterocycles. The van der Waals surface area contributed by atoms with Gasteiger partial charge in [-0.1, -0.05) is 22.0 Å². The fraction of sp³-hybridized carbons (Fsp3) is 0.0667. The highest BCUT2D eigenvalue weighted by atomic mass is 79.9. The van der Waals surface area contributed by atoms with Crippen molar-refractivity contribution in [2.45, 2.75) is 0 Å². The number of fused-ring (bicyclic) bond motifs is 1. The zero-order valence-electron chi connectivity index (χ0n) is 11.2. The predicted octanol–water partition coefficient (Wildman–Crippen LogP) is 3.70. The van der Waals surface area contributed by atoms with Crippen molar-refractivity contribution in [3.63, 3.8) is 0 Å². The molecule has 0 fully saturated rings. The molecule has 0 bridgehead atoms. The molecule has 2 aromatic rings. The number of nitrogens with one attached hydrogen (secondary N) is 1. The molecule has 22 heavy (non-hydrogen) atoms. The third-order valence-corrected chi connectivity index (χ3v) is 4.13. The Morgan fingerprint density at radius 2 is 1.95 bits per heavy atom. The topological polar surface area (TPSA) is 59.9 Å². The predicted molar refractivity (Wildman–Crippen MR) is 89.5 cm³/mol. The van der Waals surface area contributed by atoms with Crippen LogP contribution in [-0.2, 0) is 0 Å². The Balaban J connectivity index is 1.71. The molecular formula is C15H10Br2N2O3. The lowest BCUT2D eigenvalue weighted by Crippen LogP contribution is -2.17. The first kappa shape index (κ1) is 15.1. The van der Waals surface area contributed by atoms with E-state index in [0.717, 1.165) is 14.5 Å². The van der Waals surface area contributed by atoms with Gasteiger partial charge in [-0.2, -0.15) is 5.10 Å². The molecule has 5 nitrogen and oxygen atoms in total. The van der Waals surface area contributed by atoms with E-state index in [1.807, 2.05) is 6.07 Å². The monoisotopic (exact) mass is 424 g/mol. The van der Waals surface area contributed by atoms with Gasteiger partial charge in [0.2, 0.25) is 6.79 Å². The van der Waals surface area contributed by atoms with Gasteiger partial charge in [-0.15, -0.1) is 0 Å². The number of rotatable bonds is 3. The molecule has 1 heterocycles. The average Bonchev–Trinajstić information content (AvgIpc) is 2.94. The van der Waals surface area contributed by atoms with Crippen molar-refractivity contribution in [1.82, 2.24) is 5.43 Å². The molecule has 7 heteroatoms. The Kier molecular flexibility index (Phi) is 4.44. The van der Waals surface area contributed by atoms with Crippen LogP contribution >= 0.6 is 31.9 Å². The second-order valence-corrected chi connectivity index (χ2v) is 6.21. The van der Waals surface area contributed by atoms with Gasteiger partial charge < -0.3 is 9.47 Å². The molecule has 0 unspecified atom stereocenters. The van der Waals surface area contributed by atoms with Gasteiger partial charge in [0.25, 0.3) is 5.91 Å². The van der Waals surface area contributed by atoms with Crippen LogP contribution in [0.2, 0.25) is 0 Å². The summed E-state index contributed by atoms with van der Waals surface area (Å²) in [5.74, 6) is 1.06. The summed E-state index contributed by atoms with van der Waals surface area (Å²) >= 11 is 6.75. The number of benzene rings is 2. The van der Waals surface area contributed by atoms with Gasteiger partial charge in [0.05, 0.1) is 6.21 Å². The Morgan fingerprint density at radius 1 is 1.18 bits per heavy atom. The fourth-order valence-electron chi connectivity index (χ4n) is 1.89. The lowest BCUT2D eigenvalue weighted by atomic mass is 10.2. The lowest BCUT2D eigenvalue weighted by molar-refractivity contribution is 0.0955. The minimum Gasteiger partial charge on any atom is -0.454 e. The van der Waals surface area contributed by atoms with E-state index in [-0.39, 0.29) is 12.7 Å². The first-order chi connectivity index (χ1) is 10.6. The van der Waals surface area contributed by atoms with Gasteiger partial charge in [-0.05, 0) is 46.3 Å². The van der Waals surface area contributed by atoms with Crippen molar-refractivity contribution in [3.8, 4) is 11.5 Å². The minimum atomic E-state index is -0.283. The number of hydrogen-bond acceptors (Lipinski definition) is 4. The van der Waals surface area contributed by atoms with Gasteiger partial charge in [0.1, 0.15) is 0 Å². The molecule has 0 saturated heterocycles. The van der Waals surface area contributed by atoms with Crippen LogP contribution in [0.15, 0.2) is 50.4 Å². The van der Waals surface area contributed by atoms with Crippen molar-refractivity contribution >= 4 is 44.0 Å². The van der Waals surface area contributed by atoms with Gasteiger partial charge in [0.15, 0.2) is 11.5 Å². The molecule has 0 aliphatic carbocycles. The lowest BCUT2D eigenvalue weighted by Gasteiger charge is -2.02. The normalized spacial score (nSPS) is 12.6. The molecule has 0 saturated carbocycles. The van der Waals surface area contributed by atoms with Crippen LogP contribution in [0.5, 0.6) is 11.5 Å². The van der Waals surface area contributed by atoms with Gasteiger partial charge >= 0.3 is 0 Å².